The summed E-state index contributed by atoms with van der Waals surface area (Å²) in [5, 5.41) is 3.10. The van der Waals surface area contributed by atoms with E-state index in [4.69, 9.17) is 16.0 Å². The Hall–Kier alpha value is -2.83. The van der Waals surface area contributed by atoms with Crippen LogP contribution in [0, 0.1) is 6.92 Å². The summed E-state index contributed by atoms with van der Waals surface area (Å²) in [5.41, 5.74) is 0.504. The molecule has 180 valence electrons. The zero-order chi connectivity index (χ0) is 25.1. The fourth-order valence-electron chi connectivity index (χ4n) is 2.80. The fraction of sp³-hybridized carbons (Fsp3) is 0.143. The number of sulfonamides is 1. The molecule has 0 aliphatic heterocycles. The van der Waals surface area contributed by atoms with Gasteiger partial charge in [0.1, 0.15) is 18.1 Å². The smallest absolute Gasteiger partial charge is 0.417 e. The number of halogens is 5. The molecule has 0 fully saturated rings. The summed E-state index contributed by atoms with van der Waals surface area (Å²) in [6, 6.07) is 11.2. The molecule has 2 aromatic carbocycles. The van der Waals surface area contributed by atoms with Crippen LogP contribution in [0.3, 0.4) is 0 Å². The van der Waals surface area contributed by atoms with Gasteiger partial charge in [0.05, 0.1) is 31.9 Å². The van der Waals surface area contributed by atoms with Gasteiger partial charge in [-0.2, -0.15) is 18.3 Å². The number of amides is 1. The standard InChI is InChI=1S/C21H16BrClF3N3O4S/c1-13-18(22)10-15(33-13)11-27-28-20(30)12-29(34(31,32)16-5-3-2-4-6-16)14-7-8-19(23)17(9-14)21(24,25)26/h2-11H,12H2,1H3,(H,28,30)/b27-11-. The Morgan fingerprint density at radius 2 is 1.88 bits per heavy atom. The quantitative estimate of drug-likeness (QED) is 0.302. The van der Waals surface area contributed by atoms with Gasteiger partial charge in [0.2, 0.25) is 0 Å². The van der Waals surface area contributed by atoms with Gasteiger partial charge in [0.25, 0.3) is 15.9 Å². The van der Waals surface area contributed by atoms with E-state index in [0.717, 1.165) is 12.1 Å². The highest BCUT2D eigenvalue weighted by atomic mass is 79.9. The average molecular weight is 579 g/mol. The maximum atomic E-state index is 13.4. The minimum absolute atomic E-state index is 0.217. The number of carbonyl (C=O) groups is 1. The van der Waals surface area contributed by atoms with E-state index in [1.54, 1.807) is 19.1 Å². The van der Waals surface area contributed by atoms with Crippen molar-refractivity contribution < 1.29 is 30.8 Å². The molecule has 1 heterocycles. The first-order valence-electron chi connectivity index (χ1n) is 9.42. The van der Waals surface area contributed by atoms with Crippen molar-refractivity contribution in [3.63, 3.8) is 0 Å². The monoisotopic (exact) mass is 577 g/mol. The van der Waals surface area contributed by atoms with E-state index in [-0.39, 0.29) is 4.90 Å². The summed E-state index contributed by atoms with van der Waals surface area (Å²) in [6.07, 6.45) is -3.65. The number of hydrazone groups is 1. The van der Waals surface area contributed by atoms with Gasteiger partial charge in [-0.3, -0.25) is 9.10 Å². The van der Waals surface area contributed by atoms with E-state index < -0.39 is 44.9 Å². The zero-order valence-electron chi connectivity index (χ0n) is 17.3. The highest BCUT2D eigenvalue weighted by Crippen LogP contribution is 2.38. The molecule has 34 heavy (non-hydrogen) atoms. The molecule has 0 aliphatic carbocycles. The van der Waals surface area contributed by atoms with Crippen molar-refractivity contribution in [2.45, 2.75) is 18.0 Å². The van der Waals surface area contributed by atoms with Crippen molar-refractivity contribution in [1.82, 2.24) is 5.43 Å². The summed E-state index contributed by atoms with van der Waals surface area (Å²) < 4.78 is 73.1. The number of aryl methyl sites for hydroxylation is 1. The molecule has 0 saturated heterocycles. The highest BCUT2D eigenvalue weighted by Gasteiger charge is 2.35. The molecule has 0 radical (unpaired) electrons. The topological polar surface area (TPSA) is 92.0 Å². The number of carbonyl (C=O) groups excluding carboxylic acids is 1. The Morgan fingerprint density at radius 1 is 1.21 bits per heavy atom. The van der Waals surface area contributed by atoms with Crippen molar-refractivity contribution >= 4 is 55.4 Å². The summed E-state index contributed by atoms with van der Waals surface area (Å²) in [6.45, 7) is 0.849. The number of anilines is 1. The number of alkyl halides is 3. The molecule has 0 spiro atoms. The van der Waals surface area contributed by atoms with Crippen LogP contribution in [0.1, 0.15) is 17.1 Å². The Kier molecular flexibility index (Phi) is 7.74. The first kappa shape index (κ1) is 25.8. The first-order chi connectivity index (χ1) is 15.9. The SMILES string of the molecule is Cc1oc(/C=N\NC(=O)CN(c2ccc(Cl)c(C(F)(F)F)c2)S(=O)(=O)c2ccccc2)cc1Br. The molecule has 7 nitrogen and oxygen atoms in total. The Balaban J connectivity index is 1.93. The third kappa shape index (κ3) is 5.99. The van der Waals surface area contributed by atoms with Crippen molar-refractivity contribution in [2.24, 2.45) is 5.10 Å². The first-order valence-corrected chi connectivity index (χ1v) is 12.0. The lowest BCUT2D eigenvalue weighted by Crippen LogP contribution is -2.39. The Bertz CT molecular complexity index is 1310. The van der Waals surface area contributed by atoms with E-state index in [1.807, 2.05) is 0 Å². The number of nitrogens with one attached hydrogen (secondary N) is 1. The van der Waals surface area contributed by atoms with Gasteiger partial charge >= 0.3 is 6.18 Å². The average Bonchev–Trinajstić information content (AvgIpc) is 3.09. The van der Waals surface area contributed by atoms with E-state index in [2.05, 4.69) is 26.5 Å². The molecule has 0 unspecified atom stereocenters. The summed E-state index contributed by atoms with van der Waals surface area (Å²) in [7, 11) is -4.42. The van der Waals surface area contributed by atoms with Gasteiger partial charge in [0, 0.05) is 6.07 Å². The van der Waals surface area contributed by atoms with Crippen LogP contribution in [0.5, 0.6) is 0 Å². The second-order valence-electron chi connectivity index (χ2n) is 6.83. The lowest BCUT2D eigenvalue weighted by Gasteiger charge is -2.24. The summed E-state index contributed by atoms with van der Waals surface area (Å²) in [5.74, 6) is -0.0105. The second-order valence-corrected chi connectivity index (χ2v) is 9.96. The third-order valence-electron chi connectivity index (χ3n) is 4.42. The number of benzene rings is 2. The number of furan rings is 1. The summed E-state index contributed by atoms with van der Waals surface area (Å²) in [4.78, 5) is 12.3. The molecule has 0 aliphatic rings. The van der Waals surface area contributed by atoms with Crippen molar-refractivity contribution in [3.8, 4) is 0 Å². The molecule has 3 aromatic rings. The Labute approximate surface area is 206 Å². The van der Waals surface area contributed by atoms with Crippen molar-refractivity contribution in [3.05, 3.63) is 81.2 Å². The van der Waals surface area contributed by atoms with Gasteiger partial charge in [-0.1, -0.05) is 29.8 Å². The van der Waals surface area contributed by atoms with Gasteiger partial charge in [-0.15, -0.1) is 0 Å². The number of rotatable bonds is 7. The predicted octanol–water partition coefficient (Wildman–Crippen LogP) is 5.37. The Morgan fingerprint density at radius 3 is 2.47 bits per heavy atom. The van der Waals surface area contributed by atoms with E-state index in [1.165, 1.54) is 30.5 Å². The van der Waals surface area contributed by atoms with Crippen molar-refractivity contribution in [1.29, 1.82) is 0 Å². The number of hydrogen-bond donors (Lipinski definition) is 1. The minimum Gasteiger partial charge on any atom is -0.459 e. The molecular formula is C21H16BrClF3N3O4S. The van der Waals surface area contributed by atoms with Crippen LogP contribution >= 0.6 is 27.5 Å². The molecule has 13 heteroatoms. The highest BCUT2D eigenvalue weighted by molar-refractivity contribution is 9.10. The van der Waals surface area contributed by atoms with Crippen LogP contribution in [0.25, 0.3) is 0 Å². The van der Waals surface area contributed by atoms with E-state index in [9.17, 15) is 26.4 Å². The third-order valence-corrected chi connectivity index (χ3v) is 7.32. The molecule has 0 bridgehead atoms. The largest absolute Gasteiger partial charge is 0.459 e. The van der Waals surface area contributed by atoms with Crippen LogP contribution < -0.4 is 9.73 Å². The molecule has 0 atom stereocenters. The molecule has 1 N–H and O–H groups in total. The fourth-order valence-corrected chi connectivity index (χ4v) is 4.76. The normalized spacial score (nSPS) is 12.2. The van der Waals surface area contributed by atoms with Crippen LogP contribution in [0.2, 0.25) is 5.02 Å². The van der Waals surface area contributed by atoms with Gasteiger partial charge in [-0.05, 0) is 53.2 Å². The van der Waals surface area contributed by atoms with E-state index in [0.29, 0.717) is 26.4 Å². The van der Waals surface area contributed by atoms with Gasteiger partial charge in [-0.25, -0.2) is 13.8 Å². The molecular weight excluding hydrogens is 563 g/mol. The van der Waals surface area contributed by atoms with Gasteiger partial charge < -0.3 is 4.42 Å². The minimum atomic E-state index is -4.84. The maximum Gasteiger partial charge on any atom is 0.417 e. The van der Waals surface area contributed by atoms with Crippen LogP contribution in [0.15, 0.2) is 73.5 Å². The zero-order valence-corrected chi connectivity index (χ0v) is 20.5. The van der Waals surface area contributed by atoms with Crippen LogP contribution in [-0.2, 0) is 21.0 Å². The van der Waals surface area contributed by atoms with Crippen LogP contribution in [-0.4, -0.2) is 27.1 Å². The number of nitrogens with zero attached hydrogens (tertiary/aromatic N) is 2. The lowest BCUT2D eigenvalue weighted by molar-refractivity contribution is -0.137. The summed E-state index contributed by atoms with van der Waals surface area (Å²) >= 11 is 8.92. The molecule has 0 saturated carbocycles. The number of hydrogen-bond acceptors (Lipinski definition) is 5. The second kappa shape index (κ2) is 10.2. The lowest BCUT2D eigenvalue weighted by atomic mass is 10.2. The maximum absolute atomic E-state index is 13.4. The molecule has 1 amide bonds. The van der Waals surface area contributed by atoms with Gasteiger partial charge in [0.15, 0.2) is 0 Å². The molecule has 1 aromatic heterocycles. The molecule has 3 rings (SSSR count). The van der Waals surface area contributed by atoms with Crippen LogP contribution in [0.4, 0.5) is 18.9 Å². The predicted molar refractivity (Wildman–Crippen MR) is 124 cm³/mol. The van der Waals surface area contributed by atoms with Crippen molar-refractivity contribution in [2.75, 3.05) is 10.8 Å². The van der Waals surface area contributed by atoms with E-state index >= 15 is 0 Å².